The molecule has 0 aliphatic rings. The van der Waals surface area contributed by atoms with Crippen molar-refractivity contribution < 1.29 is 18.0 Å². The van der Waals surface area contributed by atoms with E-state index in [9.17, 15) is 18.0 Å². The molecule has 0 saturated heterocycles. The Kier molecular flexibility index (Phi) is 3.69. The van der Waals surface area contributed by atoms with Crippen LogP contribution in [0.15, 0.2) is 36.4 Å². The van der Waals surface area contributed by atoms with Crippen LogP contribution in [0.2, 0.25) is 0 Å². The minimum absolute atomic E-state index is 0.0494. The second kappa shape index (κ2) is 5.26. The molecule has 0 aliphatic heterocycles. The average Bonchev–Trinajstić information content (AvgIpc) is 2.37. The summed E-state index contributed by atoms with van der Waals surface area (Å²) in [5, 5.41) is 0. The van der Waals surface area contributed by atoms with Crippen molar-refractivity contribution in [1.82, 2.24) is 0 Å². The molecule has 2 aromatic carbocycles. The van der Waals surface area contributed by atoms with Gasteiger partial charge in [0.2, 0.25) is 0 Å². The highest BCUT2D eigenvalue weighted by atomic mass is 19.1. The molecule has 0 atom stereocenters. The van der Waals surface area contributed by atoms with Crippen molar-refractivity contribution in [2.24, 2.45) is 0 Å². The summed E-state index contributed by atoms with van der Waals surface area (Å²) in [5.74, 6) is -2.94. The van der Waals surface area contributed by atoms with Crippen LogP contribution in [0.1, 0.15) is 23.7 Å². The first-order valence-electron chi connectivity index (χ1n) is 5.81. The van der Waals surface area contributed by atoms with E-state index in [-0.39, 0.29) is 16.9 Å². The summed E-state index contributed by atoms with van der Waals surface area (Å²) in [6.07, 6.45) is 0.360. The van der Waals surface area contributed by atoms with Crippen LogP contribution >= 0.6 is 0 Å². The molecule has 0 bridgehead atoms. The van der Waals surface area contributed by atoms with Gasteiger partial charge in [-0.15, -0.1) is 0 Å². The SMILES string of the molecule is CCC(=O)c1ccc(-c2c(F)cc(F)cc2F)cc1. The standard InChI is InChI=1S/C15H11F3O/c1-2-14(19)9-3-5-10(6-4-9)15-12(17)7-11(16)8-13(15)18/h3-8H,2H2,1H3. The first kappa shape index (κ1) is 13.3. The molecule has 0 fully saturated rings. The lowest BCUT2D eigenvalue weighted by Gasteiger charge is -2.06. The van der Waals surface area contributed by atoms with Crippen LogP contribution < -0.4 is 0 Å². The molecule has 2 aromatic rings. The number of rotatable bonds is 3. The van der Waals surface area contributed by atoms with Gasteiger partial charge in [0.15, 0.2) is 5.78 Å². The zero-order valence-corrected chi connectivity index (χ0v) is 10.2. The summed E-state index contributed by atoms with van der Waals surface area (Å²) < 4.78 is 40.0. The van der Waals surface area contributed by atoms with Gasteiger partial charge in [-0.25, -0.2) is 13.2 Å². The van der Waals surface area contributed by atoms with Crippen LogP contribution in [0.4, 0.5) is 13.2 Å². The lowest BCUT2D eigenvalue weighted by molar-refractivity contribution is 0.0988. The Bertz CT molecular complexity index is 595. The van der Waals surface area contributed by atoms with Crippen molar-refractivity contribution in [3.05, 3.63) is 59.4 Å². The number of halogens is 3. The molecule has 0 amide bonds. The van der Waals surface area contributed by atoms with Gasteiger partial charge in [0.25, 0.3) is 0 Å². The summed E-state index contributed by atoms with van der Waals surface area (Å²) in [5.41, 5.74) is 0.453. The van der Waals surface area contributed by atoms with Crippen LogP contribution in [0.5, 0.6) is 0 Å². The fraction of sp³-hybridized carbons (Fsp3) is 0.133. The predicted molar refractivity (Wildman–Crippen MR) is 66.4 cm³/mol. The molecular weight excluding hydrogens is 253 g/mol. The molecule has 2 rings (SSSR count). The van der Waals surface area contributed by atoms with Crippen molar-refractivity contribution in [2.45, 2.75) is 13.3 Å². The maximum atomic E-state index is 13.6. The molecule has 98 valence electrons. The van der Waals surface area contributed by atoms with Gasteiger partial charge in [-0.3, -0.25) is 4.79 Å². The van der Waals surface area contributed by atoms with E-state index >= 15 is 0 Å². The Hall–Kier alpha value is -2.10. The molecule has 0 unspecified atom stereocenters. The highest BCUT2D eigenvalue weighted by Crippen LogP contribution is 2.27. The maximum Gasteiger partial charge on any atom is 0.162 e. The first-order chi connectivity index (χ1) is 9.02. The van der Waals surface area contributed by atoms with Gasteiger partial charge in [-0.1, -0.05) is 31.2 Å². The van der Waals surface area contributed by atoms with E-state index < -0.39 is 17.5 Å². The molecule has 0 aromatic heterocycles. The molecule has 4 heteroatoms. The number of carbonyl (C=O) groups is 1. The number of hydrogen-bond acceptors (Lipinski definition) is 1. The van der Waals surface area contributed by atoms with E-state index in [4.69, 9.17) is 0 Å². The van der Waals surface area contributed by atoms with Crippen LogP contribution in [-0.2, 0) is 0 Å². The van der Waals surface area contributed by atoms with Gasteiger partial charge in [0.1, 0.15) is 17.5 Å². The third kappa shape index (κ3) is 2.67. The minimum atomic E-state index is -0.966. The van der Waals surface area contributed by atoms with Gasteiger partial charge in [-0.2, -0.15) is 0 Å². The second-order valence-electron chi connectivity index (χ2n) is 4.10. The van der Waals surface area contributed by atoms with Gasteiger partial charge in [0.05, 0.1) is 5.56 Å². The molecule has 1 nitrogen and oxygen atoms in total. The number of hydrogen-bond donors (Lipinski definition) is 0. The van der Waals surface area contributed by atoms with Gasteiger partial charge in [-0.05, 0) is 5.56 Å². The molecule has 0 aliphatic carbocycles. The zero-order chi connectivity index (χ0) is 14.0. The molecule has 19 heavy (non-hydrogen) atoms. The quantitative estimate of drug-likeness (QED) is 0.752. The van der Waals surface area contributed by atoms with Crippen molar-refractivity contribution in [1.29, 1.82) is 0 Å². The molecule has 0 heterocycles. The van der Waals surface area contributed by atoms with E-state index in [1.807, 2.05) is 0 Å². The summed E-state index contributed by atoms with van der Waals surface area (Å²) >= 11 is 0. The van der Waals surface area contributed by atoms with Crippen LogP contribution in [-0.4, -0.2) is 5.78 Å². The van der Waals surface area contributed by atoms with Crippen LogP contribution in [0.3, 0.4) is 0 Å². The third-order valence-corrected chi connectivity index (χ3v) is 2.82. The summed E-state index contributed by atoms with van der Waals surface area (Å²) in [4.78, 5) is 11.4. The lowest BCUT2D eigenvalue weighted by atomic mass is 10.0. The third-order valence-electron chi connectivity index (χ3n) is 2.82. The largest absolute Gasteiger partial charge is 0.294 e. The van der Waals surface area contributed by atoms with E-state index in [0.29, 0.717) is 24.1 Å². The van der Waals surface area contributed by atoms with E-state index in [1.54, 1.807) is 6.92 Å². The number of ketones is 1. The van der Waals surface area contributed by atoms with E-state index in [2.05, 4.69) is 0 Å². The first-order valence-corrected chi connectivity index (χ1v) is 5.81. The fourth-order valence-electron chi connectivity index (χ4n) is 1.84. The van der Waals surface area contributed by atoms with Crippen molar-refractivity contribution in [3.8, 4) is 11.1 Å². The second-order valence-corrected chi connectivity index (χ2v) is 4.10. The lowest BCUT2D eigenvalue weighted by Crippen LogP contribution is -1.97. The van der Waals surface area contributed by atoms with Crippen molar-refractivity contribution >= 4 is 5.78 Å². The summed E-state index contributed by atoms with van der Waals surface area (Å²) in [7, 11) is 0. The fourth-order valence-corrected chi connectivity index (χ4v) is 1.84. The minimum Gasteiger partial charge on any atom is -0.294 e. The van der Waals surface area contributed by atoms with Gasteiger partial charge < -0.3 is 0 Å². The van der Waals surface area contributed by atoms with Gasteiger partial charge in [0, 0.05) is 24.1 Å². The summed E-state index contributed by atoms with van der Waals surface area (Å²) in [6.45, 7) is 1.73. The van der Waals surface area contributed by atoms with E-state index in [0.717, 1.165) is 0 Å². The van der Waals surface area contributed by atoms with Crippen molar-refractivity contribution in [2.75, 3.05) is 0 Å². The molecule has 0 saturated carbocycles. The Morgan fingerprint density at radius 3 is 2.00 bits per heavy atom. The number of carbonyl (C=O) groups excluding carboxylic acids is 1. The Morgan fingerprint density at radius 1 is 1.00 bits per heavy atom. The average molecular weight is 264 g/mol. The number of benzene rings is 2. The summed E-state index contributed by atoms with van der Waals surface area (Å²) in [6, 6.07) is 7.16. The molecular formula is C15H11F3O. The van der Waals surface area contributed by atoms with E-state index in [1.165, 1.54) is 24.3 Å². The number of Topliss-reactive ketones (excluding diaryl/α,β-unsaturated/α-hetero) is 1. The Labute approximate surface area is 108 Å². The molecule has 0 radical (unpaired) electrons. The Balaban J connectivity index is 2.46. The molecule has 0 N–H and O–H groups in total. The smallest absolute Gasteiger partial charge is 0.162 e. The topological polar surface area (TPSA) is 17.1 Å². The highest BCUT2D eigenvalue weighted by Gasteiger charge is 2.14. The molecule has 0 spiro atoms. The zero-order valence-electron chi connectivity index (χ0n) is 10.2. The normalized spacial score (nSPS) is 10.5. The maximum absolute atomic E-state index is 13.6. The van der Waals surface area contributed by atoms with Crippen molar-refractivity contribution in [3.63, 3.8) is 0 Å². The monoisotopic (exact) mass is 264 g/mol. The van der Waals surface area contributed by atoms with Gasteiger partial charge >= 0.3 is 0 Å². The van der Waals surface area contributed by atoms with Crippen LogP contribution in [0, 0.1) is 17.5 Å². The Morgan fingerprint density at radius 2 is 1.53 bits per heavy atom. The predicted octanol–water partition coefficient (Wildman–Crippen LogP) is 4.36. The highest BCUT2D eigenvalue weighted by molar-refractivity contribution is 5.96. The van der Waals surface area contributed by atoms with Crippen LogP contribution in [0.25, 0.3) is 11.1 Å².